The van der Waals surface area contributed by atoms with Crippen molar-refractivity contribution in [3.8, 4) is 5.75 Å². The minimum atomic E-state index is 0.235. The zero-order valence-electron chi connectivity index (χ0n) is 12.3. The number of ether oxygens (including phenoxy) is 1. The number of hydrogen-bond donors (Lipinski definition) is 1. The number of H-pyrrole nitrogens is 1. The Morgan fingerprint density at radius 3 is 2.71 bits per heavy atom. The minimum absolute atomic E-state index is 0.235. The maximum absolute atomic E-state index is 5.57. The molecule has 0 bridgehead atoms. The molecule has 21 heavy (non-hydrogen) atoms. The Bertz CT molecular complexity index is 799. The molecule has 3 nitrogen and oxygen atoms in total. The molecular weight excluding hydrogens is 300 g/mol. The highest BCUT2D eigenvalue weighted by Crippen LogP contribution is 2.34. The number of aromatic amines is 1. The number of benzene rings is 1. The molecule has 5 heteroatoms. The maximum Gasteiger partial charge on any atom is 0.178 e. The summed E-state index contributed by atoms with van der Waals surface area (Å²) < 4.78 is 8.33. The van der Waals surface area contributed by atoms with Gasteiger partial charge in [-0.3, -0.25) is 0 Å². The zero-order chi connectivity index (χ0) is 15.0. The number of aromatic nitrogens is 2. The van der Waals surface area contributed by atoms with Crippen molar-refractivity contribution in [3.63, 3.8) is 0 Å². The second-order valence-electron chi connectivity index (χ2n) is 5.39. The fourth-order valence-corrected chi connectivity index (χ4v) is 4.03. The van der Waals surface area contributed by atoms with Gasteiger partial charge >= 0.3 is 0 Å². The highest BCUT2D eigenvalue weighted by Gasteiger charge is 2.22. The van der Waals surface area contributed by atoms with Crippen molar-refractivity contribution < 1.29 is 4.74 Å². The van der Waals surface area contributed by atoms with Gasteiger partial charge in [-0.05, 0) is 41.7 Å². The van der Waals surface area contributed by atoms with E-state index in [1.54, 1.807) is 18.4 Å². The normalized spacial score (nSPS) is 13.0. The summed E-state index contributed by atoms with van der Waals surface area (Å²) in [7, 11) is 1.69. The van der Waals surface area contributed by atoms with Gasteiger partial charge in [0, 0.05) is 10.9 Å². The average Bonchev–Trinajstić information content (AvgIpc) is 3.07. The Balaban J connectivity index is 2.26. The first-order valence-corrected chi connectivity index (χ1v) is 8.22. The summed E-state index contributed by atoms with van der Waals surface area (Å²) in [6.07, 6.45) is 0. The van der Waals surface area contributed by atoms with Gasteiger partial charge in [0.2, 0.25) is 0 Å². The van der Waals surface area contributed by atoms with Crippen LogP contribution in [0.3, 0.4) is 0 Å². The smallest absolute Gasteiger partial charge is 0.178 e. The van der Waals surface area contributed by atoms with Gasteiger partial charge in [-0.15, -0.1) is 11.3 Å². The monoisotopic (exact) mass is 318 g/mol. The molecule has 1 aromatic carbocycles. The third kappa shape index (κ3) is 2.51. The SMILES string of the molecule is COc1ccc2[nH]c(=S)n(C(c3cccs3)C(C)C)c2c1. The highest BCUT2D eigenvalue weighted by molar-refractivity contribution is 7.71. The Labute approximate surface area is 133 Å². The van der Waals surface area contributed by atoms with Crippen LogP contribution in [0.4, 0.5) is 0 Å². The van der Waals surface area contributed by atoms with Crippen molar-refractivity contribution in [2.45, 2.75) is 19.9 Å². The van der Waals surface area contributed by atoms with Crippen LogP contribution in [0.1, 0.15) is 24.8 Å². The number of nitrogens with zero attached hydrogens (tertiary/aromatic N) is 1. The van der Waals surface area contributed by atoms with Gasteiger partial charge < -0.3 is 14.3 Å². The Kier molecular flexibility index (Phi) is 3.87. The number of thiophene rings is 1. The number of fused-ring (bicyclic) bond motifs is 1. The molecule has 0 radical (unpaired) electrons. The van der Waals surface area contributed by atoms with Gasteiger partial charge in [0.25, 0.3) is 0 Å². The molecule has 0 saturated heterocycles. The maximum atomic E-state index is 5.57. The summed E-state index contributed by atoms with van der Waals surface area (Å²) in [4.78, 5) is 4.63. The number of rotatable bonds is 4. The van der Waals surface area contributed by atoms with Gasteiger partial charge in [-0.25, -0.2) is 0 Å². The van der Waals surface area contributed by atoms with Crippen LogP contribution >= 0.6 is 23.6 Å². The lowest BCUT2D eigenvalue weighted by Gasteiger charge is -2.22. The number of nitrogens with one attached hydrogen (secondary N) is 1. The number of imidazole rings is 1. The van der Waals surface area contributed by atoms with Crippen LogP contribution in [-0.4, -0.2) is 16.7 Å². The van der Waals surface area contributed by atoms with E-state index in [1.807, 2.05) is 18.2 Å². The summed E-state index contributed by atoms with van der Waals surface area (Å²) in [5, 5.41) is 2.11. The van der Waals surface area contributed by atoms with E-state index < -0.39 is 0 Å². The van der Waals surface area contributed by atoms with E-state index in [2.05, 4.69) is 40.9 Å². The molecule has 0 aliphatic heterocycles. The van der Waals surface area contributed by atoms with Crippen molar-refractivity contribution >= 4 is 34.6 Å². The van der Waals surface area contributed by atoms with Gasteiger partial charge in [0.1, 0.15) is 5.75 Å². The van der Waals surface area contributed by atoms with E-state index in [9.17, 15) is 0 Å². The standard InChI is InChI=1S/C16H18N2OS2/c1-10(2)15(14-5-4-8-21-14)18-13-9-11(19-3)6-7-12(13)17-16(18)20/h4-10,15H,1-3H3,(H,17,20). The van der Waals surface area contributed by atoms with Crippen molar-refractivity contribution in [1.29, 1.82) is 0 Å². The second kappa shape index (κ2) is 5.66. The van der Waals surface area contributed by atoms with Crippen LogP contribution in [0, 0.1) is 10.7 Å². The molecule has 1 N–H and O–H groups in total. The van der Waals surface area contributed by atoms with Gasteiger partial charge in [-0.2, -0.15) is 0 Å². The Morgan fingerprint density at radius 1 is 1.29 bits per heavy atom. The molecule has 1 unspecified atom stereocenters. The minimum Gasteiger partial charge on any atom is -0.497 e. The van der Waals surface area contributed by atoms with Gasteiger partial charge in [0.15, 0.2) is 4.77 Å². The predicted octanol–water partition coefficient (Wildman–Crippen LogP) is 5.01. The van der Waals surface area contributed by atoms with Crippen molar-refractivity contribution in [2.24, 2.45) is 5.92 Å². The first-order valence-electron chi connectivity index (χ1n) is 6.93. The lowest BCUT2D eigenvalue weighted by atomic mass is 10.0. The van der Waals surface area contributed by atoms with Crippen molar-refractivity contribution in [1.82, 2.24) is 9.55 Å². The summed E-state index contributed by atoms with van der Waals surface area (Å²) >= 11 is 7.35. The van der Waals surface area contributed by atoms with E-state index >= 15 is 0 Å². The van der Waals surface area contributed by atoms with Crippen LogP contribution in [0.25, 0.3) is 11.0 Å². The summed E-state index contributed by atoms with van der Waals surface area (Å²) in [6.45, 7) is 4.45. The number of methoxy groups -OCH3 is 1. The summed E-state index contributed by atoms with van der Waals surface area (Å²) in [5.41, 5.74) is 2.13. The third-order valence-electron chi connectivity index (χ3n) is 3.67. The topological polar surface area (TPSA) is 29.9 Å². The van der Waals surface area contributed by atoms with Crippen LogP contribution in [0.15, 0.2) is 35.7 Å². The Hall–Kier alpha value is -1.59. The largest absolute Gasteiger partial charge is 0.497 e. The van der Waals surface area contributed by atoms with Crippen molar-refractivity contribution in [3.05, 3.63) is 45.4 Å². The first-order chi connectivity index (χ1) is 10.1. The van der Waals surface area contributed by atoms with Crippen molar-refractivity contribution in [2.75, 3.05) is 7.11 Å². The van der Waals surface area contributed by atoms with E-state index in [0.29, 0.717) is 5.92 Å². The molecule has 1 atom stereocenters. The average molecular weight is 318 g/mol. The fourth-order valence-electron chi connectivity index (χ4n) is 2.72. The van der Waals surface area contributed by atoms with Crippen LogP contribution in [-0.2, 0) is 0 Å². The fraction of sp³-hybridized carbons (Fsp3) is 0.312. The molecule has 3 aromatic rings. The molecule has 2 heterocycles. The lowest BCUT2D eigenvalue weighted by molar-refractivity contribution is 0.414. The quantitative estimate of drug-likeness (QED) is 0.685. The van der Waals surface area contributed by atoms with Gasteiger partial charge in [0.05, 0.1) is 24.2 Å². The molecule has 0 spiro atoms. The third-order valence-corrected chi connectivity index (χ3v) is 4.91. The molecule has 0 aliphatic rings. The molecule has 110 valence electrons. The highest BCUT2D eigenvalue weighted by atomic mass is 32.1. The van der Waals surface area contributed by atoms with E-state index in [4.69, 9.17) is 17.0 Å². The molecule has 0 amide bonds. The molecule has 0 fully saturated rings. The predicted molar refractivity (Wildman–Crippen MR) is 91.0 cm³/mol. The van der Waals surface area contributed by atoms with Gasteiger partial charge in [-0.1, -0.05) is 19.9 Å². The number of hydrogen-bond acceptors (Lipinski definition) is 3. The summed E-state index contributed by atoms with van der Waals surface area (Å²) in [6, 6.07) is 10.5. The van der Waals surface area contributed by atoms with E-state index in [0.717, 1.165) is 21.6 Å². The Morgan fingerprint density at radius 2 is 2.10 bits per heavy atom. The lowest BCUT2D eigenvalue weighted by Crippen LogP contribution is -2.15. The molecule has 2 aromatic heterocycles. The second-order valence-corrected chi connectivity index (χ2v) is 6.75. The molecule has 0 saturated carbocycles. The molecule has 0 aliphatic carbocycles. The van der Waals surface area contributed by atoms with Crippen LogP contribution in [0.5, 0.6) is 5.75 Å². The van der Waals surface area contributed by atoms with E-state index in [1.165, 1.54) is 4.88 Å². The molecule has 3 rings (SSSR count). The van der Waals surface area contributed by atoms with E-state index in [-0.39, 0.29) is 6.04 Å². The zero-order valence-corrected chi connectivity index (χ0v) is 13.9. The first kappa shape index (κ1) is 14.4. The summed E-state index contributed by atoms with van der Waals surface area (Å²) in [5.74, 6) is 1.29. The van der Waals surface area contributed by atoms with Crippen LogP contribution in [0.2, 0.25) is 0 Å². The molecular formula is C16H18N2OS2. The van der Waals surface area contributed by atoms with Crippen LogP contribution < -0.4 is 4.74 Å².